The molecule has 0 aliphatic carbocycles. The molecule has 9 heteroatoms. The maximum Gasteiger partial charge on any atom is 0.211 e. The molecule has 0 bridgehead atoms. The fourth-order valence-electron chi connectivity index (χ4n) is 3.83. The topological polar surface area (TPSA) is 48.5 Å². The number of imidazole rings is 1. The highest BCUT2D eigenvalue weighted by Crippen LogP contribution is 2.41. The van der Waals surface area contributed by atoms with E-state index in [1.165, 1.54) is 5.56 Å². The van der Waals surface area contributed by atoms with Gasteiger partial charge in [-0.1, -0.05) is 60.5 Å². The molecule has 35 heavy (non-hydrogen) atoms. The molecule has 0 aliphatic rings. The summed E-state index contributed by atoms with van der Waals surface area (Å²) in [6, 6.07) is 12.1. The van der Waals surface area contributed by atoms with Gasteiger partial charge in [0.1, 0.15) is 0 Å². The molecule has 2 aromatic carbocycles. The number of aromatic nitrogens is 5. The molecule has 0 radical (unpaired) electrons. The second-order valence-electron chi connectivity index (χ2n) is 8.53. The van der Waals surface area contributed by atoms with Crippen molar-refractivity contribution in [3.8, 4) is 33.2 Å². The lowest BCUT2D eigenvalue weighted by molar-refractivity contribution is 0.853. The number of halogens is 2. The summed E-state index contributed by atoms with van der Waals surface area (Å²) in [6.07, 6.45) is 7.60. The molecule has 0 aliphatic heterocycles. The van der Waals surface area contributed by atoms with E-state index in [1.807, 2.05) is 46.9 Å². The standard InChI is InChI=1S/C26H23Cl2N5S2/c1-15(2)34-25-24(18-5-6-22(27)23(28)12-18)30-26(35-25)33-13-21(17(4)31-33)19-9-16(3)10-20(11-19)32-8-7-29-14-32/h5-15H,1-4H3. The van der Waals surface area contributed by atoms with Crippen molar-refractivity contribution < 1.29 is 0 Å². The zero-order valence-corrected chi connectivity index (χ0v) is 22.8. The maximum atomic E-state index is 6.31. The van der Waals surface area contributed by atoms with E-state index < -0.39 is 0 Å². The minimum Gasteiger partial charge on any atom is -0.306 e. The van der Waals surface area contributed by atoms with Gasteiger partial charge in [0, 0.05) is 40.7 Å². The van der Waals surface area contributed by atoms with Gasteiger partial charge in [-0.3, -0.25) is 0 Å². The normalized spacial score (nSPS) is 11.5. The van der Waals surface area contributed by atoms with Crippen LogP contribution in [-0.4, -0.2) is 29.6 Å². The predicted octanol–water partition coefficient (Wildman–Crippen LogP) is 8.27. The van der Waals surface area contributed by atoms with Gasteiger partial charge in [0.25, 0.3) is 0 Å². The predicted molar refractivity (Wildman–Crippen MR) is 148 cm³/mol. The van der Waals surface area contributed by atoms with Gasteiger partial charge in [0.2, 0.25) is 5.13 Å². The summed E-state index contributed by atoms with van der Waals surface area (Å²) >= 11 is 15.9. The van der Waals surface area contributed by atoms with Crippen LogP contribution >= 0.6 is 46.3 Å². The first kappa shape index (κ1) is 24.1. The summed E-state index contributed by atoms with van der Waals surface area (Å²) in [5, 5.41) is 7.10. The van der Waals surface area contributed by atoms with Crippen molar-refractivity contribution in [1.29, 1.82) is 0 Å². The van der Waals surface area contributed by atoms with Crippen LogP contribution in [0.1, 0.15) is 25.1 Å². The molecule has 0 saturated carbocycles. The van der Waals surface area contributed by atoms with Crippen LogP contribution in [0.15, 0.2) is 65.5 Å². The van der Waals surface area contributed by atoms with E-state index in [9.17, 15) is 0 Å². The van der Waals surface area contributed by atoms with Gasteiger partial charge >= 0.3 is 0 Å². The molecule has 0 unspecified atom stereocenters. The summed E-state index contributed by atoms with van der Waals surface area (Å²) in [5.41, 5.74) is 7.20. The molecule has 0 fully saturated rings. The highest BCUT2D eigenvalue weighted by Gasteiger charge is 2.19. The number of thiazole rings is 1. The Labute approximate surface area is 222 Å². The second-order valence-corrected chi connectivity index (χ2v) is 12.2. The highest BCUT2D eigenvalue weighted by atomic mass is 35.5. The summed E-state index contributed by atoms with van der Waals surface area (Å²) in [6.45, 7) is 8.48. The average Bonchev–Trinajstić information content (AvgIpc) is 3.55. The molecule has 3 aromatic heterocycles. The summed E-state index contributed by atoms with van der Waals surface area (Å²) < 4.78 is 5.01. The van der Waals surface area contributed by atoms with E-state index in [0.717, 1.165) is 43.1 Å². The fraction of sp³-hybridized carbons (Fsp3) is 0.192. The lowest BCUT2D eigenvalue weighted by Crippen LogP contribution is -1.94. The summed E-state index contributed by atoms with van der Waals surface area (Å²) in [4.78, 5) is 9.16. The number of nitrogens with zero attached hydrogens (tertiary/aromatic N) is 5. The highest BCUT2D eigenvalue weighted by molar-refractivity contribution is 8.01. The third-order valence-electron chi connectivity index (χ3n) is 5.39. The van der Waals surface area contributed by atoms with Crippen LogP contribution in [0.4, 0.5) is 0 Å². The fourth-order valence-corrected chi connectivity index (χ4v) is 6.58. The molecule has 5 nitrogen and oxygen atoms in total. The van der Waals surface area contributed by atoms with Crippen LogP contribution in [0.5, 0.6) is 0 Å². The summed E-state index contributed by atoms with van der Waals surface area (Å²) in [5.74, 6) is 0. The lowest BCUT2D eigenvalue weighted by atomic mass is 10.0. The van der Waals surface area contributed by atoms with E-state index in [1.54, 1.807) is 29.3 Å². The number of aryl methyl sites for hydroxylation is 2. The Balaban J connectivity index is 1.57. The molecular weight excluding hydrogens is 517 g/mol. The smallest absolute Gasteiger partial charge is 0.211 e. The maximum absolute atomic E-state index is 6.31. The Bertz CT molecular complexity index is 1500. The third-order valence-corrected chi connectivity index (χ3v) is 8.39. The first-order valence-electron chi connectivity index (χ1n) is 11.1. The van der Waals surface area contributed by atoms with Gasteiger partial charge in [-0.2, -0.15) is 5.10 Å². The number of hydrogen-bond acceptors (Lipinski definition) is 5. The van der Waals surface area contributed by atoms with Gasteiger partial charge in [-0.15, -0.1) is 11.8 Å². The number of hydrogen-bond donors (Lipinski definition) is 0. The van der Waals surface area contributed by atoms with E-state index in [0.29, 0.717) is 15.3 Å². The van der Waals surface area contributed by atoms with Crippen LogP contribution in [0.25, 0.3) is 33.2 Å². The van der Waals surface area contributed by atoms with Crippen molar-refractivity contribution in [2.45, 2.75) is 37.2 Å². The molecule has 0 atom stereocenters. The van der Waals surface area contributed by atoms with Gasteiger partial charge < -0.3 is 4.57 Å². The SMILES string of the molecule is Cc1cc(-c2cn(-c3nc(-c4ccc(Cl)c(Cl)c4)c(SC(C)C)s3)nc2C)cc(-n2ccnc2)c1. The van der Waals surface area contributed by atoms with Gasteiger partial charge in [0.15, 0.2) is 0 Å². The van der Waals surface area contributed by atoms with Crippen molar-refractivity contribution in [1.82, 2.24) is 24.3 Å². The first-order chi connectivity index (χ1) is 16.8. The minimum absolute atomic E-state index is 0.411. The zero-order valence-electron chi connectivity index (χ0n) is 19.7. The van der Waals surface area contributed by atoms with E-state index in [4.69, 9.17) is 33.3 Å². The Morgan fingerprint density at radius 3 is 2.54 bits per heavy atom. The first-order valence-corrected chi connectivity index (χ1v) is 13.5. The molecule has 0 spiro atoms. The van der Waals surface area contributed by atoms with Crippen molar-refractivity contribution in [3.05, 3.63) is 82.6 Å². The molecule has 5 rings (SSSR count). The number of rotatable bonds is 6. The van der Waals surface area contributed by atoms with Crippen molar-refractivity contribution in [3.63, 3.8) is 0 Å². The number of benzene rings is 2. The second kappa shape index (κ2) is 9.82. The van der Waals surface area contributed by atoms with Crippen molar-refractivity contribution in [2.24, 2.45) is 0 Å². The Morgan fingerprint density at radius 1 is 1.00 bits per heavy atom. The van der Waals surface area contributed by atoms with Crippen LogP contribution in [-0.2, 0) is 0 Å². The minimum atomic E-state index is 0.411. The third kappa shape index (κ3) is 5.05. The Morgan fingerprint density at radius 2 is 1.83 bits per heavy atom. The van der Waals surface area contributed by atoms with E-state index >= 15 is 0 Å². The molecule has 0 amide bonds. The molecule has 178 valence electrons. The van der Waals surface area contributed by atoms with Crippen LogP contribution in [0, 0.1) is 13.8 Å². The summed E-state index contributed by atoms with van der Waals surface area (Å²) in [7, 11) is 0. The van der Waals surface area contributed by atoms with Gasteiger partial charge in [0.05, 0.1) is 32.0 Å². The largest absolute Gasteiger partial charge is 0.306 e. The Hall–Kier alpha value is -2.58. The van der Waals surface area contributed by atoms with Crippen LogP contribution < -0.4 is 0 Å². The molecule has 5 aromatic rings. The lowest BCUT2D eigenvalue weighted by Gasteiger charge is -2.07. The number of thioether (sulfide) groups is 1. The Kier molecular flexibility index (Phi) is 6.77. The monoisotopic (exact) mass is 539 g/mol. The van der Waals surface area contributed by atoms with E-state index in [2.05, 4.69) is 50.2 Å². The van der Waals surface area contributed by atoms with Crippen LogP contribution in [0.2, 0.25) is 10.0 Å². The van der Waals surface area contributed by atoms with Crippen LogP contribution in [0.3, 0.4) is 0 Å². The van der Waals surface area contributed by atoms with Gasteiger partial charge in [-0.25, -0.2) is 14.6 Å². The molecule has 0 N–H and O–H groups in total. The van der Waals surface area contributed by atoms with Gasteiger partial charge in [-0.05, 0) is 49.2 Å². The van der Waals surface area contributed by atoms with Crippen molar-refractivity contribution >= 4 is 46.3 Å². The molecule has 3 heterocycles. The quantitative estimate of drug-likeness (QED) is 0.203. The molecule has 0 saturated heterocycles. The zero-order chi connectivity index (χ0) is 24.7. The van der Waals surface area contributed by atoms with E-state index in [-0.39, 0.29) is 0 Å². The average molecular weight is 541 g/mol. The van der Waals surface area contributed by atoms with Crippen molar-refractivity contribution in [2.75, 3.05) is 0 Å². The molecular formula is C26H23Cl2N5S2.